The molecule has 1 aliphatic carbocycles. The van der Waals surface area contributed by atoms with Gasteiger partial charge < -0.3 is 5.32 Å². The van der Waals surface area contributed by atoms with Crippen molar-refractivity contribution in [2.75, 3.05) is 7.05 Å². The Bertz CT molecular complexity index is 299. The molecule has 1 saturated carbocycles. The Balaban J connectivity index is 1.98. The number of hydrogen-bond donors (Lipinski definition) is 1. The smallest absolute Gasteiger partial charge is 0.0406 e. The molecule has 0 unspecified atom stereocenters. The molecular weight excluding hydrogens is 206 g/mol. The first-order valence-corrected chi connectivity index (χ1v) is 6.10. The lowest BCUT2D eigenvalue weighted by atomic mass is 9.82. The zero-order valence-corrected chi connectivity index (χ0v) is 9.93. The van der Waals surface area contributed by atoms with Crippen LogP contribution in [-0.4, -0.2) is 13.1 Å². The van der Waals surface area contributed by atoms with Crippen molar-refractivity contribution >= 4 is 11.6 Å². The summed E-state index contributed by atoms with van der Waals surface area (Å²) in [6.07, 6.45) is 5.19. The molecule has 0 aromatic heterocycles. The lowest BCUT2D eigenvalue weighted by Gasteiger charge is -2.28. The minimum atomic E-state index is 0.730. The van der Waals surface area contributed by atoms with Crippen LogP contribution >= 0.6 is 11.6 Å². The summed E-state index contributed by atoms with van der Waals surface area (Å²) in [5, 5.41) is 4.20. The molecule has 0 atom stereocenters. The second kappa shape index (κ2) is 5.00. The van der Waals surface area contributed by atoms with Gasteiger partial charge in [-0.1, -0.05) is 23.7 Å². The molecule has 0 heterocycles. The summed E-state index contributed by atoms with van der Waals surface area (Å²) in [6, 6.07) is 9.08. The average molecular weight is 224 g/mol. The molecule has 15 heavy (non-hydrogen) atoms. The van der Waals surface area contributed by atoms with Gasteiger partial charge in [-0.25, -0.2) is 0 Å². The third-order valence-electron chi connectivity index (χ3n) is 3.48. The Hall–Kier alpha value is -0.530. The fourth-order valence-electron chi connectivity index (χ4n) is 2.45. The fraction of sp³-hybridized carbons (Fsp3) is 0.538. The van der Waals surface area contributed by atoms with Crippen molar-refractivity contribution in [3.8, 4) is 0 Å². The van der Waals surface area contributed by atoms with Gasteiger partial charge in [0.15, 0.2) is 0 Å². The number of nitrogens with one attached hydrogen (secondary N) is 1. The second-order valence-corrected chi connectivity index (χ2v) is 4.83. The molecule has 0 amide bonds. The third kappa shape index (κ3) is 2.73. The topological polar surface area (TPSA) is 12.0 Å². The molecule has 1 aliphatic rings. The van der Waals surface area contributed by atoms with Crippen molar-refractivity contribution in [2.24, 2.45) is 0 Å². The summed E-state index contributed by atoms with van der Waals surface area (Å²) in [7, 11) is 2.06. The van der Waals surface area contributed by atoms with Crippen molar-refractivity contribution in [2.45, 2.75) is 37.6 Å². The zero-order valence-electron chi connectivity index (χ0n) is 9.17. The third-order valence-corrected chi connectivity index (χ3v) is 3.73. The molecule has 0 radical (unpaired) electrons. The van der Waals surface area contributed by atoms with Gasteiger partial charge in [-0.05, 0) is 56.3 Å². The maximum Gasteiger partial charge on any atom is 0.0406 e. The molecule has 2 rings (SSSR count). The largest absolute Gasteiger partial charge is 0.317 e. The molecule has 2 heteroatoms. The van der Waals surface area contributed by atoms with Crippen LogP contribution in [0.5, 0.6) is 0 Å². The minimum absolute atomic E-state index is 0.730. The first-order valence-electron chi connectivity index (χ1n) is 5.72. The Labute approximate surface area is 96.8 Å². The Kier molecular flexibility index (Phi) is 3.66. The highest BCUT2D eigenvalue weighted by molar-refractivity contribution is 6.30. The Morgan fingerprint density at radius 1 is 1.07 bits per heavy atom. The molecule has 1 N–H and O–H groups in total. The van der Waals surface area contributed by atoms with E-state index in [9.17, 15) is 0 Å². The van der Waals surface area contributed by atoms with Crippen LogP contribution < -0.4 is 5.32 Å². The van der Waals surface area contributed by atoms with Gasteiger partial charge in [-0.2, -0.15) is 0 Å². The van der Waals surface area contributed by atoms with Crippen LogP contribution in [0.1, 0.15) is 37.2 Å². The zero-order chi connectivity index (χ0) is 10.7. The lowest BCUT2D eigenvalue weighted by Crippen LogP contribution is -2.29. The van der Waals surface area contributed by atoms with Crippen LogP contribution in [0.15, 0.2) is 24.3 Å². The van der Waals surface area contributed by atoms with Crippen LogP contribution in [0.2, 0.25) is 5.02 Å². The minimum Gasteiger partial charge on any atom is -0.317 e. The molecule has 1 aromatic carbocycles. The van der Waals surface area contributed by atoms with E-state index in [1.807, 2.05) is 12.1 Å². The standard InChI is InChI=1S/C13H18ClN/c1-15-13-8-4-11(5-9-13)10-2-6-12(14)7-3-10/h2-3,6-7,11,13,15H,4-5,8-9H2,1H3. The van der Waals surface area contributed by atoms with E-state index in [0.29, 0.717) is 0 Å². The molecule has 0 bridgehead atoms. The lowest BCUT2D eigenvalue weighted by molar-refractivity contribution is 0.359. The molecule has 1 fully saturated rings. The summed E-state index contributed by atoms with van der Waals surface area (Å²) >= 11 is 5.89. The average Bonchev–Trinajstić information content (AvgIpc) is 2.30. The number of benzene rings is 1. The van der Waals surface area contributed by atoms with Crippen molar-refractivity contribution in [3.63, 3.8) is 0 Å². The van der Waals surface area contributed by atoms with Gasteiger partial charge in [0.1, 0.15) is 0 Å². The van der Waals surface area contributed by atoms with Gasteiger partial charge in [0, 0.05) is 11.1 Å². The quantitative estimate of drug-likeness (QED) is 0.808. The van der Waals surface area contributed by atoms with Crippen molar-refractivity contribution < 1.29 is 0 Å². The van der Waals surface area contributed by atoms with Crippen LogP contribution in [-0.2, 0) is 0 Å². The second-order valence-electron chi connectivity index (χ2n) is 4.39. The van der Waals surface area contributed by atoms with Gasteiger partial charge in [0.2, 0.25) is 0 Å². The highest BCUT2D eigenvalue weighted by Gasteiger charge is 2.20. The Morgan fingerprint density at radius 2 is 1.67 bits per heavy atom. The first kappa shape index (κ1) is 11.0. The van der Waals surface area contributed by atoms with E-state index in [2.05, 4.69) is 24.5 Å². The van der Waals surface area contributed by atoms with E-state index < -0.39 is 0 Å². The number of rotatable bonds is 2. The molecule has 0 saturated heterocycles. The summed E-state index contributed by atoms with van der Waals surface area (Å²) in [4.78, 5) is 0. The molecule has 0 aliphatic heterocycles. The summed E-state index contributed by atoms with van der Waals surface area (Å²) in [6.45, 7) is 0. The van der Waals surface area contributed by atoms with Crippen molar-refractivity contribution in [1.29, 1.82) is 0 Å². The molecule has 1 nitrogen and oxygen atoms in total. The van der Waals surface area contributed by atoms with Gasteiger partial charge in [0.05, 0.1) is 0 Å². The SMILES string of the molecule is CNC1CCC(c2ccc(Cl)cc2)CC1. The van der Waals surface area contributed by atoms with E-state index >= 15 is 0 Å². The first-order chi connectivity index (χ1) is 7.29. The van der Waals surface area contributed by atoms with E-state index in [1.165, 1.54) is 31.2 Å². The highest BCUT2D eigenvalue weighted by Crippen LogP contribution is 2.33. The normalized spacial score (nSPS) is 26.5. The van der Waals surface area contributed by atoms with E-state index in [-0.39, 0.29) is 0 Å². The highest BCUT2D eigenvalue weighted by atomic mass is 35.5. The summed E-state index contributed by atoms with van der Waals surface area (Å²) < 4.78 is 0. The Morgan fingerprint density at radius 3 is 2.20 bits per heavy atom. The predicted octanol–water partition coefficient (Wildman–Crippen LogP) is 3.59. The van der Waals surface area contributed by atoms with Gasteiger partial charge in [-0.15, -0.1) is 0 Å². The van der Waals surface area contributed by atoms with Crippen molar-refractivity contribution in [3.05, 3.63) is 34.9 Å². The summed E-state index contributed by atoms with van der Waals surface area (Å²) in [5.74, 6) is 0.742. The van der Waals surface area contributed by atoms with E-state index in [4.69, 9.17) is 11.6 Å². The maximum absolute atomic E-state index is 5.89. The maximum atomic E-state index is 5.89. The molecule has 1 aromatic rings. The molecule has 82 valence electrons. The van der Waals surface area contributed by atoms with Gasteiger partial charge in [0.25, 0.3) is 0 Å². The molecule has 0 spiro atoms. The van der Waals surface area contributed by atoms with Gasteiger partial charge >= 0.3 is 0 Å². The van der Waals surface area contributed by atoms with Gasteiger partial charge in [-0.3, -0.25) is 0 Å². The van der Waals surface area contributed by atoms with Crippen LogP contribution in [0.3, 0.4) is 0 Å². The number of halogens is 1. The van der Waals surface area contributed by atoms with Crippen LogP contribution in [0.4, 0.5) is 0 Å². The van der Waals surface area contributed by atoms with Crippen molar-refractivity contribution in [1.82, 2.24) is 5.32 Å². The predicted molar refractivity (Wildman–Crippen MR) is 65.5 cm³/mol. The monoisotopic (exact) mass is 223 g/mol. The summed E-state index contributed by atoms with van der Waals surface area (Å²) in [5.41, 5.74) is 1.45. The van der Waals surface area contributed by atoms with E-state index in [1.54, 1.807) is 0 Å². The fourth-order valence-corrected chi connectivity index (χ4v) is 2.58. The van der Waals surface area contributed by atoms with E-state index in [0.717, 1.165) is 17.0 Å². The van der Waals surface area contributed by atoms with Crippen LogP contribution in [0.25, 0.3) is 0 Å². The van der Waals surface area contributed by atoms with Crippen LogP contribution in [0, 0.1) is 0 Å². The number of hydrogen-bond acceptors (Lipinski definition) is 1. The molecular formula is C13H18ClN.